The average Bonchev–Trinajstić information content (AvgIpc) is 2.41. The van der Waals surface area contributed by atoms with Gasteiger partial charge in [0.05, 0.1) is 0 Å². The first-order chi connectivity index (χ1) is 9.08. The first kappa shape index (κ1) is 12.9. The zero-order valence-electron chi connectivity index (χ0n) is 9.98. The second-order valence-electron chi connectivity index (χ2n) is 3.95. The molecule has 98 valence electrons. The lowest BCUT2D eigenvalue weighted by molar-refractivity contribution is -0.138. The summed E-state index contributed by atoms with van der Waals surface area (Å²) in [4.78, 5) is 10.9. The minimum atomic E-state index is -1.15. The molecule has 4 N–H and O–H groups in total. The maximum atomic E-state index is 10.9. The molecule has 0 aliphatic heterocycles. The fourth-order valence-corrected chi connectivity index (χ4v) is 1.60. The number of carboxylic acid groups (broad SMARTS) is 1. The van der Waals surface area contributed by atoms with Crippen LogP contribution < -0.4 is 10.5 Å². The Bertz CT molecular complexity index is 580. The number of aromatic hydroxyl groups is 1. The number of benzene rings is 2. The molecule has 1 unspecified atom stereocenters. The van der Waals surface area contributed by atoms with Crippen LogP contribution in [-0.2, 0) is 4.79 Å². The van der Waals surface area contributed by atoms with Crippen molar-refractivity contribution < 1.29 is 19.7 Å². The summed E-state index contributed by atoms with van der Waals surface area (Å²) in [7, 11) is 0. The lowest BCUT2D eigenvalue weighted by atomic mass is 10.1. The molecule has 5 heteroatoms. The van der Waals surface area contributed by atoms with E-state index in [1.165, 1.54) is 12.1 Å². The quantitative estimate of drug-likeness (QED) is 0.783. The molecular formula is C14H13NO4. The van der Waals surface area contributed by atoms with Gasteiger partial charge >= 0.3 is 5.97 Å². The highest BCUT2D eigenvalue weighted by molar-refractivity contribution is 5.76. The Morgan fingerprint density at radius 1 is 1.11 bits per heavy atom. The number of phenols is 1. The molecule has 1 atom stereocenters. The fourth-order valence-electron chi connectivity index (χ4n) is 1.60. The predicted octanol–water partition coefficient (Wildman–Crippen LogP) is 2.27. The summed E-state index contributed by atoms with van der Waals surface area (Å²) in [6.07, 6.45) is 0. The van der Waals surface area contributed by atoms with Gasteiger partial charge in [-0.2, -0.15) is 0 Å². The van der Waals surface area contributed by atoms with Gasteiger partial charge in [0.25, 0.3) is 0 Å². The molecule has 19 heavy (non-hydrogen) atoms. The van der Waals surface area contributed by atoms with Crippen molar-refractivity contribution in [2.24, 2.45) is 5.73 Å². The van der Waals surface area contributed by atoms with Gasteiger partial charge in [-0.1, -0.05) is 18.2 Å². The van der Waals surface area contributed by atoms with Gasteiger partial charge in [-0.3, -0.25) is 4.79 Å². The number of carbonyl (C=O) groups is 1. The number of aliphatic carboxylic acids is 1. The minimum Gasteiger partial charge on any atom is -0.508 e. The van der Waals surface area contributed by atoms with Crippen molar-refractivity contribution in [1.82, 2.24) is 0 Å². The standard InChI is InChI=1S/C14H13NO4/c15-13(14(17)18)11-3-1-2-4-12(11)19-10-7-5-9(16)6-8-10/h1-8,13,16H,15H2,(H,17,18). The summed E-state index contributed by atoms with van der Waals surface area (Å²) in [6, 6.07) is 11.7. The van der Waals surface area contributed by atoms with Crippen LogP contribution >= 0.6 is 0 Å². The summed E-state index contributed by atoms with van der Waals surface area (Å²) < 4.78 is 5.58. The second kappa shape index (κ2) is 5.41. The van der Waals surface area contributed by atoms with Crippen LogP contribution in [0.4, 0.5) is 0 Å². The van der Waals surface area contributed by atoms with Crippen LogP contribution in [0.15, 0.2) is 48.5 Å². The van der Waals surface area contributed by atoms with Crippen LogP contribution in [0.5, 0.6) is 17.2 Å². The smallest absolute Gasteiger partial charge is 0.325 e. The van der Waals surface area contributed by atoms with Crippen molar-refractivity contribution in [2.45, 2.75) is 6.04 Å². The second-order valence-corrected chi connectivity index (χ2v) is 3.95. The SMILES string of the molecule is NC(C(=O)O)c1ccccc1Oc1ccc(O)cc1. The molecule has 0 saturated carbocycles. The summed E-state index contributed by atoms with van der Waals surface area (Å²) in [5.41, 5.74) is 5.99. The minimum absolute atomic E-state index is 0.128. The van der Waals surface area contributed by atoms with Crippen LogP contribution in [-0.4, -0.2) is 16.2 Å². The van der Waals surface area contributed by atoms with Gasteiger partial charge in [-0.15, -0.1) is 0 Å². The molecule has 2 aromatic rings. The van der Waals surface area contributed by atoms with Crippen LogP contribution in [0.1, 0.15) is 11.6 Å². The number of nitrogens with two attached hydrogens (primary N) is 1. The van der Waals surface area contributed by atoms with Crippen LogP contribution in [0.3, 0.4) is 0 Å². The molecule has 0 saturated heterocycles. The van der Waals surface area contributed by atoms with Gasteiger partial charge in [0, 0.05) is 5.56 Å². The molecule has 0 aromatic heterocycles. The summed E-state index contributed by atoms with van der Waals surface area (Å²) in [5.74, 6) is -0.129. The Kier molecular flexibility index (Phi) is 3.68. The van der Waals surface area contributed by atoms with E-state index in [-0.39, 0.29) is 5.75 Å². The van der Waals surface area contributed by atoms with Crippen LogP contribution in [0.2, 0.25) is 0 Å². The van der Waals surface area contributed by atoms with Gasteiger partial charge in [0.1, 0.15) is 23.3 Å². The Hall–Kier alpha value is -2.53. The zero-order valence-corrected chi connectivity index (χ0v) is 9.98. The van der Waals surface area contributed by atoms with E-state index in [0.29, 0.717) is 17.1 Å². The van der Waals surface area contributed by atoms with Crippen molar-refractivity contribution in [3.63, 3.8) is 0 Å². The predicted molar refractivity (Wildman–Crippen MR) is 69.2 cm³/mol. The molecule has 0 spiro atoms. The normalized spacial score (nSPS) is 11.8. The molecule has 2 rings (SSSR count). The number of rotatable bonds is 4. The molecule has 0 fully saturated rings. The highest BCUT2D eigenvalue weighted by Crippen LogP contribution is 2.29. The number of phenolic OH excluding ortho intramolecular Hbond substituents is 1. The highest BCUT2D eigenvalue weighted by Gasteiger charge is 2.18. The number of para-hydroxylation sites is 1. The van der Waals surface area contributed by atoms with E-state index in [9.17, 15) is 9.90 Å². The number of carboxylic acids is 1. The third-order valence-electron chi connectivity index (χ3n) is 2.58. The third kappa shape index (κ3) is 3.02. The topological polar surface area (TPSA) is 92.8 Å². The lowest BCUT2D eigenvalue weighted by Gasteiger charge is -2.13. The molecule has 5 nitrogen and oxygen atoms in total. The number of hydrogen-bond acceptors (Lipinski definition) is 4. The van der Waals surface area contributed by atoms with Crippen molar-refractivity contribution in [2.75, 3.05) is 0 Å². The summed E-state index contributed by atoms with van der Waals surface area (Å²) in [6.45, 7) is 0. The van der Waals surface area contributed by atoms with Gasteiger partial charge in [-0.05, 0) is 30.3 Å². The van der Waals surface area contributed by atoms with Crippen LogP contribution in [0, 0.1) is 0 Å². The Balaban J connectivity index is 2.30. The van der Waals surface area contributed by atoms with Crippen molar-refractivity contribution >= 4 is 5.97 Å². The molecular weight excluding hydrogens is 246 g/mol. The molecule has 0 heterocycles. The number of ether oxygens (including phenoxy) is 1. The van der Waals surface area contributed by atoms with E-state index in [1.54, 1.807) is 36.4 Å². The Labute approximate surface area is 109 Å². The fraction of sp³-hybridized carbons (Fsp3) is 0.0714. The van der Waals surface area contributed by atoms with E-state index < -0.39 is 12.0 Å². The van der Waals surface area contributed by atoms with E-state index in [2.05, 4.69) is 0 Å². The van der Waals surface area contributed by atoms with E-state index in [4.69, 9.17) is 15.6 Å². The average molecular weight is 259 g/mol. The molecule has 0 aliphatic carbocycles. The van der Waals surface area contributed by atoms with E-state index >= 15 is 0 Å². The van der Waals surface area contributed by atoms with Gasteiger partial charge in [-0.25, -0.2) is 0 Å². The van der Waals surface area contributed by atoms with Crippen LogP contribution in [0.25, 0.3) is 0 Å². The van der Waals surface area contributed by atoms with Gasteiger partial charge in [0.2, 0.25) is 0 Å². The van der Waals surface area contributed by atoms with Crippen molar-refractivity contribution in [3.05, 3.63) is 54.1 Å². The monoisotopic (exact) mass is 259 g/mol. The molecule has 0 amide bonds. The molecule has 0 radical (unpaired) electrons. The van der Waals surface area contributed by atoms with Crippen molar-refractivity contribution in [1.29, 1.82) is 0 Å². The largest absolute Gasteiger partial charge is 0.508 e. The van der Waals surface area contributed by atoms with E-state index in [1.807, 2.05) is 0 Å². The third-order valence-corrected chi connectivity index (χ3v) is 2.58. The van der Waals surface area contributed by atoms with Crippen molar-refractivity contribution in [3.8, 4) is 17.2 Å². The van der Waals surface area contributed by atoms with Gasteiger partial charge < -0.3 is 20.7 Å². The number of hydrogen-bond donors (Lipinski definition) is 3. The lowest BCUT2D eigenvalue weighted by Crippen LogP contribution is -2.21. The molecule has 0 bridgehead atoms. The Morgan fingerprint density at radius 2 is 1.74 bits per heavy atom. The summed E-state index contributed by atoms with van der Waals surface area (Å²) >= 11 is 0. The van der Waals surface area contributed by atoms with E-state index in [0.717, 1.165) is 0 Å². The molecule has 2 aromatic carbocycles. The maximum Gasteiger partial charge on any atom is 0.325 e. The maximum absolute atomic E-state index is 10.9. The zero-order chi connectivity index (χ0) is 13.8. The first-order valence-corrected chi connectivity index (χ1v) is 5.62. The first-order valence-electron chi connectivity index (χ1n) is 5.62. The van der Waals surface area contributed by atoms with Gasteiger partial charge in [0.15, 0.2) is 0 Å². The summed E-state index contributed by atoms with van der Waals surface area (Å²) in [5, 5.41) is 18.1. The highest BCUT2D eigenvalue weighted by atomic mass is 16.5. The Morgan fingerprint density at radius 3 is 2.37 bits per heavy atom. The molecule has 0 aliphatic rings.